The molecule has 2 N–H and O–H groups in total. The molecule has 0 bridgehead atoms. The molecule has 4 rings (SSSR count). The first-order valence-electron chi connectivity index (χ1n) is 11.5. The maximum atomic E-state index is 14.2. The van der Waals surface area contributed by atoms with Crippen LogP contribution in [0.5, 0.6) is 11.5 Å². The molecule has 9 heteroatoms. The van der Waals surface area contributed by atoms with Crippen LogP contribution in [-0.2, 0) is 22.7 Å². The largest absolute Gasteiger partial charge is 0.507 e. The minimum Gasteiger partial charge on any atom is -0.507 e. The second-order valence-electron chi connectivity index (χ2n) is 8.58. The lowest BCUT2D eigenvalue weighted by Gasteiger charge is -2.24. The van der Waals surface area contributed by atoms with Crippen LogP contribution >= 0.6 is 0 Å². The highest BCUT2D eigenvalue weighted by atomic mass is 19.1. The summed E-state index contributed by atoms with van der Waals surface area (Å²) in [5.74, 6) is -1.84. The van der Waals surface area contributed by atoms with E-state index >= 15 is 0 Å². The number of nitrogens with one attached hydrogen (secondary N) is 1. The van der Waals surface area contributed by atoms with Gasteiger partial charge in [0.15, 0.2) is 11.6 Å². The number of methoxy groups -OCH3 is 1. The summed E-state index contributed by atoms with van der Waals surface area (Å²) >= 11 is 0. The highest BCUT2D eigenvalue weighted by Crippen LogP contribution is 2.37. The first kappa shape index (κ1) is 25.7. The molecule has 0 aromatic heterocycles. The lowest BCUT2D eigenvalue weighted by atomic mass is 10.0. The molecule has 3 aromatic rings. The van der Waals surface area contributed by atoms with Crippen LogP contribution in [0.4, 0.5) is 14.5 Å². The second-order valence-corrected chi connectivity index (χ2v) is 8.58. The molecule has 1 heterocycles. The van der Waals surface area contributed by atoms with Crippen LogP contribution in [0, 0.1) is 18.6 Å². The molecule has 0 saturated heterocycles. The Hall–Kier alpha value is -4.40. The van der Waals surface area contributed by atoms with E-state index in [0.717, 1.165) is 0 Å². The quantitative estimate of drug-likeness (QED) is 0.478. The molecule has 0 fully saturated rings. The van der Waals surface area contributed by atoms with E-state index in [1.54, 1.807) is 43.3 Å². The summed E-state index contributed by atoms with van der Waals surface area (Å²) in [6.45, 7) is 1.67. The van der Waals surface area contributed by atoms with Crippen molar-refractivity contribution in [2.24, 2.45) is 0 Å². The van der Waals surface area contributed by atoms with Crippen molar-refractivity contribution >= 4 is 23.3 Å². The molecular weight excluding hydrogens is 482 g/mol. The fourth-order valence-electron chi connectivity index (χ4n) is 4.05. The van der Waals surface area contributed by atoms with Crippen LogP contribution in [0.1, 0.15) is 28.7 Å². The zero-order valence-electron chi connectivity index (χ0n) is 20.6. The Morgan fingerprint density at radius 3 is 2.46 bits per heavy atom. The summed E-state index contributed by atoms with van der Waals surface area (Å²) in [7, 11) is 2.78. The molecule has 0 atom stereocenters. The number of aliphatic hydroxyl groups is 1. The van der Waals surface area contributed by atoms with E-state index in [9.17, 15) is 23.5 Å². The van der Waals surface area contributed by atoms with Gasteiger partial charge in [0.1, 0.15) is 23.9 Å². The Balaban J connectivity index is 1.71. The number of ether oxygens (including phenoxy) is 2. The number of aliphatic hydroxyl groups excluding tert-OH is 1. The molecule has 0 saturated carbocycles. The number of halogens is 2. The Morgan fingerprint density at radius 2 is 1.78 bits per heavy atom. The molecule has 0 spiro atoms. The van der Waals surface area contributed by atoms with Crippen molar-refractivity contribution in [3.05, 3.63) is 94.1 Å². The summed E-state index contributed by atoms with van der Waals surface area (Å²) < 4.78 is 39.1. The van der Waals surface area contributed by atoms with E-state index in [1.807, 2.05) is 0 Å². The molecule has 0 unspecified atom stereocenters. The first-order valence-corrected chi connectivity index (χ1v) is 11.5. The number of likely N-dealkylation sites (N-methyl/N-ethyl adjacent to an activating group) is 1. The summed E-state index contributed by atoms with van der Waals surface area (Å²) in [6.07, 6.45) is -0.351. The number of nitrogens with zero attached hydrogens (tertiary/aromatic N) is 1. The van der Waals surface area contributed by atoms with Crippen molar-refractivity contribution in [1.82, 2.24) is 5.32 Å². The number of carbonyl (C=O) groups is 2. The van der Waals surface area contributed by atoms with Crippen molar-refractivity contribution < 1.29 is 33.0 Å². The van der Waals surface area contributed by atoms with Gasteiger partial charge in [-0.3, -0.25) is 9.59 Å². The number of fused-ring (bicyclic) bond motifs is 1. The molecule has 0 radical (unpaired) electrons. The fourth-order valence-corrected chi connectivity index (χ4v) is 4.05. The highest BCUT2D eigenvalue weighted by Gasteiger charge is 2.31. The monoisotopic (exact) mass is 508 g/mol. The third-order valence-corrected chi connectivity index (χ3v) is 6.13. The van der Waals surface area contributed by atoms with Crippen LogP contribution in [0.2, 0.25) is 0 Å². The summed E-state index contributed by atoms with van der Waals surface area (Å²) in [5.41, 5.74) is 2.03. The topological polar surface area (TPSA) is 88.1 Å². The van der Waals surface area contributed by atoms with E-state index in [1.165, 1.54) is 37.3 Å². The lowest BCUT2D eigenvalue weighted by molar-refractivity contribution is -0.121. The van der Waals surface area contributed by atoms with E-state index < -0.39 is 23.4 Å². The van der Waals surface area contributed by atoms with Crippen LogP contribution in [0.3, 0.4) is 0 Å². The number of anilines is 1. The van der Waals surface area contributed by atoms with Gasteiger partial charge >= 0.3 is 0 Å². The standard InChI is InChI=1S/C28H26F2N2O5/c1-16-4-5-17(10-22(16)29)14-32-24-12-19(37-15-18-6-9-25(36-3)23(30)11-18)7-8-20(24)27(34)21(13-26(32)33)28(35)31-2/h4-12,34H,13-15H2,1-3H3,(H,31,35). The molecular formula is C28H26F2N2O5. The second kappa shape index (κ2) is 10.7. The Kier molecular flexibility index (Phi) is 7.42. The molecule has 7 nitrogen and oxygen atoms in total. The van der Waals surface area contributed by atoms with E-state index in [-0.39, 0.29) is 42.2 Å². The third-order valence-electron chi connectivity index (χ3n) is 6.13. The molecule has 192 valence electrons. The Morgan fingerprint density at radius 1 is 1.05 bits per heavy atom. The number of benzene rings is 3. The number of hydrogen-bond acceptors (Lipinski definition) is 5. The van der Waals surface area contributed by atoms with Crippen LogP contribution in [0.15, 0.2) is 60.2 Å². The van der Waals surface area contributed by atoms with Gasteiger partial charge in [-0.1, -0.05) is 18.2 Å². The predicted molar refractivity (Wildman–Crippen MR) is 134 cm³/mol. The number of rotatable bonds is 7. The number of aryl methyl sites for hydroxylation is 1. The number of amides is 2. The molecule has 2 amide bonds. The van der Waals surface area contributed by atoms with Crippen molar-refractivity contribution in [2.45, 2.75) is 26.5 Å². The maximum Gasteiger partial charge on any atom is 0.251 e. The lowest BCUT2D eigenvalue weighted by Crippen LogP contribution is -2.31. The summed E-state index contributed by atoms with van der Waals surface area (Å²) in [5, 5.41) is 13.4. The molecule has 3 aromatic carbocycles. The number of carbonyl (C=O) groups excluding carboxylic acids is 2. The third kappa shape index (κ3) is 5.40. The van der Waals surface area contributed by atoms with E-state index in [2.05, 4.69) is 5.32 Å². The zero-order valence-corrected chi connectivity index (χ0v) is 20.6. The van der Waals surface area contributed by atoms with E-state index in [4.69, 9.17) is 9.47 Å². The highest BCUT2D eigenvalue weighted by molar-refractivity contribution is 6.10. The zero-order chi connectivity index (χ0) is 26.7. The van der Waals surface area contributed by atoms with Crippen LogP contribution in [0.25, 0.3) is 5.76 Å². The SMILES string of the molecule is CNC(=O)C1=C(O)c2ccc(OCc3ccc(OC)c(F)c3)cc2N(Cc2ccc(C)c(F)c2)C(=O)C1. The molecule has 37 heavy (non-hydrogen) atoms. The molecule has 0 aliphatic carbocycles. The van der Waals surface area contributed by atoms with Gasteiger partial charge in [-0.2, -0.15) is 0 Å². The van der Waals surface area contributed by atoms with Gasteiger partial charge in [0.25, 0.3) is 5.91 Å². The van der Waals surface area contributed by atoms with Gasteiger partial charge in [-0.25, -0.2) is 8.78 Å². The Bertz CT molecular complexity index is 1400. The van der Waals surface area contributed by atoms with Gasteiger partial charge in [0.2, 0.25) is 5.91 Å². The smallest absolute Gasteiger partial charge is 0.251 e. The van der Waals surface area contributed by atoms with Crippen LogP contribution < -0.4 is 19.7 Å². The van der Waals surface area contributed by atoms with Gasteiger partial charge in [0, 0.05) is 18.7 Å². The summed E-state index contributed by atoms with van der Waals surface area (Å²) in [6, 6.07) is 13.8. The van der Waals surface area contributed by atoms with Gasteiger partial charge < -0.3 is 24.8 Å². The van der Waals surface area contributed by atoms with Crippen molar-refractivity contribution in [1.29, 1.82) is 0 Å². The molecule has 1 aliphatic heterocycles. The minimum atomic E-state index is -0.582. The van der Waals surface area contributed by atoms with Crippen molar-refractivity contribution in [3.63, 3.8) is 0 Å². The van der Waals surface area contributed by atoms with Gasteiger partial charge in [-0.05, 0) is 53.9 Å². The minimum absolute atomic E-state index is 0.00445. The first-order chi connectivity index (χ1) is 17.7. The summed E-state index contributed by atoms with van der Waals surface area (Å²) in [4.78, 5) is 27.1. The van der Waals surface area contributed by atoms with E-state index in [0.29, 0.717) is 28.1 Å². The number of hydrogen-bond donors (Lipinski definition) is 2. The fraction of sp³-hybridized carbons (Fsp3) is 0.214. The normalized spacial score (nSPS) is 13.2. The van der Waals surface area contributed by atoms with Gasteiger partial charge in [-0.15, -0.1) is 0 Å². The maximum absolute atomic E-state index is 14.2. The predicted octanol–water partition coefficient (Wildman–Crippen LogP) is 4.81. The van der Waals surface area contributed by atoms with Crippen molar-refractivity contribution in [3.8, 4) is 11.5 Å². The van der Waals surface area contributed by atoms with Gasteiger partial charge in [0.05, 0.1) is 31.3 Å². The Labute approximate surface area is 212 Å². The molecule has 1 aliphatic rings. The van der Waals surface area contributed by atoms with Crippen molar-refractivity contribution in [2.75, 3.05) is 19.1 Å². The average Bonchev–Trinajstić information content (AvgIpc) is 2.99. The van der Waals surface area contributed by atoms with Crippen LogP contribution in [-0.4, -0.2) is 31.1 Å². The average molecular weight is 509 g/mol.